The number of nitrogens with two attached hydrogens (primary N) is 1. The summed E-state index contributed by atoms with van der Waals surface area (Å²) in [6, 6.07) is 3.93. The fraction of sp³-hybridized carbons (Fsp3) is 0.500. The maximum Gasteiger partial charge on any atom is 0.251 e. The lowest BCUT2D eigenvalue weighted by Crippen LogP contribution is -2.42. The minimum absolute atomic E-state index is 0.104. The summed E-state index contributed by atoms with van der Waals surface area (Å²) >= 11 is 5.78. The lowest BCUT2D eigenvalue weighted by molar-refractivity contribution is -0.119. The first-order chi connectivity index (χ1) is 10.9. The second kappa shape index (κ2) is 6.09. The maximum absolute atomic E-state index is 13.3. The van der Waals surface area contributed by atoms with E-state index < -0.39 is 5.82 Å². The van der Waals surface area contributed by atoms with Crippen LogP contribution in [0.5, 0.6) is 0 Å². The van der Waals surface area contributed by atoms with Gasteiger partial charge in [-0.15, -0.1) is 0 Å². The summed E-state index contributed by atoms with van der Waals surface area (Å²) in [6.07, 6.45) is 2.77. The number of likely N-dealkylation sites (tertiary alicyclic amines) is 1. The summed E-state index contributed by atoms with van der Waals surface area (Å²) in [7, 11) is 0. The van der Waals surface area contributed by atoms with Crippen molar-refractivity contribution in [3.8, 4) is 0 Å². The molecule has 1 aliphatic carbocycles. The summed E-state index contributed by atoms with van der Waals surface area (Å²) in [4.78, 5) is 25.2. The number of hydrogen-bond donors (Lipinski definition) is 2. The SMILES string of the molecule is NC(=O)CN1CCC2(CC1)C[C@H]2NC(=O)c1cc(F)cc(Cl)c1. The topological polar surface area (TPSA) is 75.4 Å². The van der Waals surface area contributed by atoms with Crippen molar-refractivity contribution in [3.05, 3.63) is 34.6 Å². The Morgan fingerprint density at radius 2 is 2.04 bits per heavy atom. The van der Waals surface area contributed by atoms with Crippen molar-refractivity contribution in [3.63, 3.8) is 0 Å². The normalized spacial score (nSPS) is 22.8. The number of carbonyl (C=O) groups is 2. The van der Waals surface area contributed by atoms with Crippen LogP contribution in [0.25, 0.3) is 0 Å². The molecule has 3 rings (SSSR count). The van der Waals surface area contributed by atoms with Crippen LogP contribution in [-0.2, 0) is 4.79 Å². The van der Waals surface area contributed by atoms with E-state index >= 15 is 0 Å². The summed E-state index contributed by atoms with van der Waals surface area (Å²) in [6.45, 7) is 1.90. The summed E-state index contributed by atoms with van der Waals surface area (Å²) < 4.78 is 13.3. The minimum Gasteiger partial charge on any atom is -0.369 e. The van der Waals surface area contributed by atoms with E-state index in [1.54, 1.807) is 0 Å². The third-order valence-corrected chi connectivity index (χ3v) is 5.07. The Hall–Kier alpha value is -1.66. The van der Waals surface area contributed by atoms with E-state index in [2.05, 4.69) is 5.32 Å². The summed E-state index contributed by atoms with van der Waals surface area (Å²) in [5.74, 6) is -1.13. The monoisotopic (exact) mass is 339 g/mol. The maximum atomic E-state index is 13.3. The molecule has 1 aromatic rings. The summed E-state index contributed by atoms with van der Waals surface area (Å²) in [5, 5.41) is 3.18. The molecule has 1 atom stereocenters. The average Bonchev–Trinajstić information content (AvgIpc) is 3.12. The van der Waals surface area contributed by atoms with Crippen molar-refractivity contribution >= 4 is 23.4 Å². The lowest BCUT2D eigenvalue weighted by atomic mass is 9.92. The molecule has 23 heavy (non-hydrogen) atoms. The van der Waals surface area contributed by atoms with Gasteiger partial charge < -0.3 is 11.1 Å². The largest absolute Gasteiger partial charge is 0.369 e. The van der Waals surface area contributed by atoms with Gasteiger partial charge in [0.25, 0.3) is 5.91 Å². The standard InChI is InChI=1S/C16H19ClFN3O2/c17-11-5-10(6-12(18)7-11)15(23)20-13-8-16(13)1-3-21(4-2-16)9-14(19)22/h5-7,13H,1-4,8-9H2,(H2,19,22)(H,20,23)/t13-/m1/s1. The Morgan fingerprint density at radius 3 is 2.65 bits per heavy atom. The number of piperidine rings is 1. The molecule has 0 unspecified atom stereocenters. The fourth-order valence-electron chi connectivity index (χ4n) is 3.41. The first kappa shape index (κ1) is 16.2. The van der Waals surface area contributed by atoms with E-state index in [-0.39, 0.29) is 40.4 Å². The highest BCUT2D eigenvalue weighted by Gasteiger charge is 2.55. The number of rotatable bonds is 4. The van der Waals surface area contributed by atoms with E-state index in [1.807, 2.05) is 4.90 Å². The van der Waals surface area contributed by atoms with Crippen molar-refractivity contribution in [2.75, 3.05) is 19.6 Å². The highest BCUT2D eigenvalue weighted by Crippen LogP contribution is 2.53. The Morgan fingerprint density at radius 1 is 1.35 bits per heavy atom. The average molecular weight is 340 g/mol. The Bertz CT molecular complexity index is 624. The van der Waals surface area contributed by atoms with E-state index in [1.165, 1.54) is 18.2 Å². The second-order valence-electron chi connectivity index (χ2n) is 6.49. The number of halogens is 2. The molecule has 1 saturated carbocycles. The molecule has 2 aliphatic rings. The van der Waals surface area contributed by atoms with E-state index in [0.717, 1.165) is 32.4 Å². The van der Waals surface area contributed by atoms with Gasteiger partial charge >= 0.3 is 0 Å². The van der Waals surface area contributed by atoms with Gasteiger partial charge in [0, 0.05) is 16.6 Å². The minimum atomic E-state index is -0.520. The van der Waals surface area contributed by atoms with Gasteiger partial charge in [-0.2, -0.15) is 0 Å². The van der Waals surface area contributed by atoms with E-state index in [0.29, 0.717) is 0 Å². The number of carbonyl (C=O) groups excluding carboxylic acids is 2. The van der Waals surface area contributed by atoms with Crippen molar-refractivity contribution < 1.29 is 14.0 Å². The first-order valence-electron chi connectivity index (χ1n) is 7.66. The second-order valence-corrected chi connectivity index (χ2v) is 6.93. The zero-order valence-electron chi connectivity index (χ0n) is 12.6. The highest BCUT2D eigenvalue weighted by molar-refractivity contribution is 6.31. The summed E-state index contributed by atoms with van der Waals surface area (Å²) in [5.41, 5.74) is 5.56. The molecule has 0 radical (unpaired) electrons. The van der Waals surface area contributed by atoms with Crippen LogP contribution in [0.2, 0.25) is 5.02 Å². The van der Waals surface area contributed by atoms with Gasteiger partial charge in [0.2, 0.25) is 5.91 Å². The fourth-order valence-corrected chi connectivity index (χ4v) is 3.63. The van der Waals surface area contributed by atoms with Crippen LogP contribution in [0, 0.1) is 11.2 Å². The quantitative estimate of drug-likeness (QED) is 0.874. The Labute approximate surface area is 139 Å². The molecular formula is C16H19ClFN3O2. The van der Waals surface area contributed by atoms with Crippen molar-refractivity contribution in [2.45, 2.75) is 25.3 Å². The molecule has 2 fully saturated rings. The smallest absolute Gasteiger partial charge is 0.251 e. The third kappa shape index (κ3) is 3.64. The zero-order valence-corrected chi connectivity index (χ0v) is 13.4. The molecule has 1 saturated heterocycles. The van der Waals surface area contributed by atoms with E-state index in [4.69, 9.17) is 17.3 Å². The first-order valence-corrected chi connectivity index (χ1v) is 8.03. The van der Waals surface area contributed by atoms with Crippen molar-refractivity contribution in [1.82, 2.24) is 10.2 Å². The van der Waals surface area contributed by atoms with Crippen LogP contribution >= 0.6 is 11.6 Å². The predicted molar refractivity (Wildman–Crippen MR) is 84.6 cm³/mol. The van der Waals surface area contributed by atoms with Gasteiger partial charge in [-0.25, -0.2) is 4.39 Å². The molecule has 1 spiro atoms. The van der Waals surface area contributed by atoms with Crippen LogP contribution in [0.4, 0.5) is 4.39 Å². The molecule has 124 valence electrons. The van der Waals surface area contributed by atoms with Crippen molar-refractivity contribution in [2.24, 2.45) is 11.1 Å². The van der Waals surface area contributed by atoms with Gasteiger partial charge in [-0.05, 0) is 56.0 Å². The van der Waals surface area contributed by atoms with Crippen molar-refractivity contribution in [1.29, 1.82) is 0 Å². The number of nitrogens with one attached hydrogen (secondary N) is 1. The third-order valence-electron chi connectivity index (χ3n) is 4.85. The van der Waals surface area contributed by atoms with Gasteiger partial charge in [-0.3, -0.25) is 14.5 Å². The lowest BCUT2D eigenvalue weighted by Gasteiger charge is -2.32. The molecule has 7 heteroatoms. The Balaban J connectivity index is 1.55. The van der Waals surface area contributed by atoms with Gasteiger partial charge in [0.15, 0.2) is 0 Å². The van der Waals surface area contributed by atoms with Crippen LogP contribution in [0.3, 0.4) is 0 Å². The molecule has 5 nitrogen and oxygen atoms in total. The molecule has 1 aromatic carbocycles. The molecule has 2 amide bonds. The number of nitrogens with zero attached hydrogens (tertiary/aromatic N) is 1. The molecule has 3 N–H and O–H groups in total. The van der Waals surface area contributed by atoms with Crippen LogP contribution < -0.4 is 11.1 Å². The van der Waals surface area contributed by atoms with Gasteiger partial charge in [0.05, 0.1) is 6.54 Å². The van der Waals surface area contributed by atoms with E-state index in [9.17, 15) is 14.0 Å². The van der Waals surface area contributed by atoms with Crippen LogP contribution in [0.1, 0.15) is 29.6 Å². The zero-order chi connectivity index (χ0) is 16.6. The van der Waals surface area contributed by atoms with Crippen LogP contribution in [0.15, 0.2) is 18.2 Å². The van der Waals surface area contributed by atoms with Gasteiger partial charge in [0.1, 0.15) is 5.82 Å². The highest BCUT2D eigenvalue weighted by atomic mass is 35.5. The molecule has 1 aliphatic heterocycles. The van der Waals surface area contributed by atoms with Crippen LogP contribution in [-0.4, -0.2) is 42.4 Å². The van der Waals surface area contributed by atoms with Gasteiger partial charge in [-0.1, -0.05) is 11.6 Å². The molecule has 1 heterocycles. The number of hydrogen-bond acceptors (Lipinski definition) is 3. The molecule has 0 aromatic heterocycles. The molecular weight excluding hydrogens is 321 g/mol. The predicted octanol–water partition coefficient (Wildman–Crippen LogP) is 1.55. The number of benzene rings is 1. The Kier molecular flexibility index (Phi) is 4.29. The number of amides is 2. The number of primary amides is 1. The molecule has 0 bridgehead atoms.